The van der Waals surface area contributed by atoms with Crippen LogP contribution >= 0.6 is 12.2 Å². The summed E-state index contributed by atoms with van der Waals surface area (Å²) < 4.78 is 12.6. The molecule has 33 heavy (non-hydrogen) atoms. The molecule has 0 spiro atoms. The minimum absolute atomic E-state index is 0.0501. The van der Waals surface area contributed by atoms with Gasteiger partial charge in [0.1, 0.15) is 18.4 Å². The standard InChI is InChI=1S/C24H27N5O3S/c1-4-28-13-7-9-19(28)23-22(17-8-5-6-12-25-17)27-24(33)29(23)16-10-11-20(32-3)18(14-16)26-21(30)15-31-2/h5-14,22-23H,4,15H2,1-3H3,(H,26,30)(H,27,33). The van der Waals surface area contributed by atoms with Crippen LogP contribution in [0.15, 0.2) is 60.9 Å². The van der Waals surface area contributed by atoms with E-state index in [9.17, 15) is 4.79 Å². The molecular weight excluding hydrogens is 438 g/mol. The Labute approximate surface area is 198 Å². The monoisotopic (exact) mass is 465 g/mol. The molecule has 1 fully saturated rings. The van der Waals surface area contributed by atoms with Crippen molar-refractivity contribution in [3.8, 4) is 5.75 Å². The number of aryl methyl sites for hydroxylation is 1. The van der Waals surface area contributed by atoms with Gasteiger partial charge in [-0.1, -0.05) is 6.07 Å². The van der Waals surface area contributed by atoms with Crippen molar-refractivity contribution < 1.29 is 14.3 Å². The molecule has 0 aliphatic carbocycles. The summed E-state index contributed by atoms with van der Waals surface area (Å²) in [7, 11) is 3.05. The smallest absolute Gasteiger partial charge is 0.250 e. The van der Waals surface area contributed by atoms with Crippen LogP contribution in [0.1, 0.15) is 30.4 Å². The van der Waals surface area contributed by atoms with Crippen molar-refractivity contribution >= 4 is 34.6 Å². The van der Waals surface area contributed by atoms with E-state index in [0.717, 1.165) is 23.6 Å². The molecule has 172 valence electrons. The summed E-state index contributed by atoms with van der Waals surface area (Å²) in [5.41, 5.74) is 3.39. The SMILES string of the molecule is CCn1cccc1C1C(c2ccccn2)NC(=S)N1c1ccc(OC)c(NC(=O)COC)c1. The number of anilines is 2. The summed E-state index contributed by atoms with van der Waals surface area (Å²) >= 11 is 5.80. The zero-order chi connectivity index (χ0) is 23.4. The second-order valence-corrected chi connectivity index (χ2v) is 7.97. The predicted molar refractivity (Wildman–Crippen MR) is 132 cm³/mol. The van der Waals surface area contributed by atoms with Crippen LogP contribution in [0.25, 0.3) is 0 Å². The van der Waals surface area contributed by atoms with E-state index in [1.807, 2.05) is 42.5 Å². The van der Waals surface area contributed by atoms with Crippen LogP contribution in [0.5, 0.6) is 5.75 Å². The molecule has 0 radical (unpaired) electrons. The Hall–Kier alpha value is -3.43. The zero-order valence-electron chi connectivity index (χ0n) is 18.8. The number of carbonyl (C=O) groups excluding carboxylic acids is 1. The lowest BCUT2D eigenvalue weighted by molar-refractivity contribution is -0.119. The Morgan fingerprint density at radius 2 is 2.06 bits per heavy atom. The lowest BCUT2D eigenvalue weighted by atomic mass is 10.0. The third-order valence-electron chi connectivity index (χ3n) is 5.62. The van der Waals surface area contributed by atoms with E-state index in [-0.39, 0.29) is 24.6 Å². The number of nitrogens with one attached hydrogen (secondary N) is 2. The molecule has 2 unspecified atom stereocenters. The van der Waals surface area contributed by atoms with E-state index in [2.05, 4.69) is 44.3 Å². The predicted octanol–water partition coefficient (Wildman–Crippen LogP) is 3.67. The van der Waals surface area contributed by atoms with Gasteiger partial charge in [-0.25, -0.2) is 0 Å². The highest BCUT2D eigenvalue weighted by molar-refractivity contribution is 7.80. The molecule has 3 heterocycles. The van der Waals surface area contributed by atoms with Crippen LogP contribution in [0.4, 0.5) is 11.4 Å². The van der Waals surface area contributed by atoms with Crippen LogP contribution < -0.4 is 20.3 Å². The highest BCUT2D eigenvalue weighted by Crippen LogP contribution is 2.43. The Bertz CT molecular complexity index is 1130. The largest absolute Gasteiger partial charge is 0.495 e. The highest BCUT2D eigenvalue weighted by atomic mass is 32.1. The van der Waals surface area contributed by atoms with Crippen molar-refractivity contribution in [2.45, 2.75) is 25.6 Å². The topological polar surface area (TPSA) is 80.7 Å². The number of thiocarbonyl (C=S) groups is 1. The van der Waals surface area contributed by atoms with E-state index < -0.39 is 0 Å². The summed E-state index contributed by atoms with van der Waals surface area (Å²) in [5.74, 6) is 0.286. The number of amides is 1. The minimum Gasteiger partial charge on any atom is -0.495 e. The lowest BCUT2D eigenvalue weighted by Crippen LogP contribution is -2.30. The molecule has 2 aromatic heterocycles. The Balaban J connectivity index is 1.79. The number of pyridine rings is 1. The maximum Gasteiger partial charge on any atom is 0.250 e. The normalized spacial score (nSPS) is 17.7. The summed E-state index contributed by atoms with van der Waals surface area (Å²) in [5, 5.41) is 6.90. The van der Waals surface area contributed by atoms with Crippen LogP contribution in [0.3, 0.4) is 0 Å². The molecule has 3 aromatic rings. The van der Waals surface area contributed by atoms with Gasteiger partial charge >= 0.3 is 0 Å². The van der Waals surface area contributed by atoms with E-state index in [0.29, 0.717) is 16.5 Å². The van der Waals surface area contributed by atoms with Crippen molar-refractivity contribution in [3.63, 3.8) is 0 Å². The number of ether oxygens (including phenoxy) is 2. The average molecular weight is 466 g/mol. The number of methoxy groups -OCH3 is 2. The number of hydrogen-bond acceptors (Lipinski definition) is 5. The molecule has 2 N–H and O–H groups in total. The Morgan fingerprint density at radius 1 is 1.21 bits per heavy atom. The van der Waals surface area contributed by atoms with Crippen LogP contribution in [0, 0.1) is 0 Å². The van der Waals surface area contributed by atoms with Gasteiger partial charge in [-0.2, -0.15) is 0 Å². The number of benzene rings is 1. The van der Waals surface area contributed by atoms with E-state index >= 15 is 0 Å². The maximum atomic E-state index is 12.2. The fraction of sp³-hybridized carbons (Fsp3) is 0.292. The van der Waals surface area contributed by atoms with Crippen molar-refractivity contribution in [3.05, 3.63) is 72.3 Å². The number of aromatic nitrogens is 2. The first-order valence-electron chi connectivity index (χ1n) is 10.7. The first-order chi connectivity index (χ1) is 16.1. The minimum atomic E-state index is -0.266. The van der Waals surface area contributed by atoms with Crippen LogP contribution in [0.2, 0.25) is 0 Å². The van der Waals surface area contributed by atoms with Gasteiger partial charge < -0.3 is 29.6 Å². The first-order valence-corrected chi connectivity index (χ1v) is 11.1. The highest BCUT2D eigenvalue weighted by Gasteiger charge is 2.42. The molecule has 9 heteroatoms. The Morgan fingerprint density at radius 3 is 2.76 bits per heavy atom. The van der Waals surface area contributed by atoms with E-state index in [4.69, 9.17) is 21.7 Å². The summed E-state index contributed by atoms with van der Waals surface area (Å²) in [6.45, 7) is 2.89. The van der Waals surface area contributed by atoms with Crippen LogP contribution in [-0.2, 0) is 16.1 Å². The molecule has 0 bridgehead atoms. The third kappa shape index (κ3) is 4.55. The molecule has 1 saturated heterocycles. The summed E-state index contributed by atoms with van der Waals surface area (Å²) in [6, 6.07) is 15.4. The zero-order valence-corrected chi connectivity index (χ0v) is 19.6. The fourth-order valence-corrected chi connectivity index (χ4v) is 4.52. The average Bonchev–Trinajstić information content (AvgIpc) is 3.43. The van der Waals surface area contributed by atoms with Gasteiger partial charge in [0.2, 0.25) is 5.91 Å². The first kappa shape index (κ1) is 22.8. The molecule has 8 nitrogen and oxygen atoms in total. The number of carbonyl (C=O) groups is 1. The summed E-state index contributed by atoms with van der Waals surface area (Å²) in [6.07, 6.45) is 3.85. The number of nitrogens with zero attached hydrogens (tertiary/aromatic N) is 3. The van der Waals surface area contributed by atoms with Gasteiger partial charge in [-0.3, -0.25) is 9.78 Å². The second kappa shape index (κ2) is 10.0. The number of hydrogen-bond donors (Lipinski definition) is 2. The van der Waals surface area contributed by atoms with Gasteiger partial charge in [0, 0.05) is 37.4 Å². The van der Waals surface area contributed by atoms with Crippen molar-refractivity contribution in [2.75, 3.05) is 31.0 Å². The maximum absolute atomic E-state index is 12.2. The van der Waals surface area contributed by atoms with E-state index in [1.54, 1.807) is 13.3 Å². The second-order valence-electron chi connectivity index (χ2n) is 7.58. The third-order valence-corrected chi connectivity index (χ3v) is 5.93. The molecular formula is C24H27N5O3S. The molecule has 1 aromatic carbocycles. The van der Waals surface area contributed by atoms with Crippen molar-refractivity contribution in [2.24, 2.45) is 0 Å². The fourth-order valence-electron chi connectivity index (χ4n) is 4.18. The van der Waals surface area contributed by atoms with Crippen LogP contribution in [-0.4, -0.2) is 41.4 Å². The molecule has 0 saturated carbocycles. The van der Waals surface area contributed by atoms with Crippen molar-refractivity contribution in [1.82, 2.24) is 14.9 Å². The lowest BCUT2D eigenvalue weighted by Gasteiger charge is -2.29. The molecule has 1 amide bonds. The van der Waals surface area contributed by atoms with Gasteiger partial charge in [-0.15, -0.1) is 0 Å². The van der Waals surface area contributed by atoms with E-state index in [1.165, 1.54) is 7.11 Å². The molecule has 1 aliphatic rings. The Kier molecular flexibility index (Phi) is 6.90. The van der Waals surface area contributed by atoms with Gasteiger partial charge in [0.05, 0.1) is 24.5 Å². The van der Waals surface area contributed by atoms with Gasteiger partial charge in [0.15, 0.2) is 5.11 Å². The quantitative estimate of drug-likeness (QED) is 0.491. The van der Waals surface area contributed by atoms with Gasteiger partial charge in [-0.05, 0) is 61.6 Å². The molecule has 4 rings (SSSR count). The number of rotatable bonds is 8. The summed E-state index contributed by atoms with van der Waals surface area (Å²) in [4.78, 5) is 18.9. The molecule has 1 aliphatic heterocycles. The molecule has 2 atom stereocenters. The van der Waals surface area contributed by atoms with Crippen molar-refractivity contribution in [1.29, 1.82) is 0 Å². The van der Waals surface area contributed by atoms with Gasteiger partial charge in [0.25, 0.3) is 0 Å².